The van der Waals surface area contributed by atoms with Crippen LogP contribution in [0.15, 0.2) is 82.2 Å². The summed E-state index contributed by atoms with van der Waals surface area (Å²) in [5.74, 6) is -0.773. The minimum Gasteiger partial charge on any atom is -0.458 e. The molecule has 0 fully saturated rings. The van der Waals surface area contributed by atoms with Gasteiger partial charge in [0.1, 0.15) is 18.1 Å². The Bertz CT molecular complexity index is 1630. The van der Waals surface area contributed by atoms with E-state index >= 15 is 0 Å². The van der Waals surface area contributed by atoms with Crippen molar-refractivity contribution >= 4 is 35.3 Å². The maximum absolute atomic E-state index is 13.7. The monoisotopic (exact) mass is 532 g/mol. The third-order valence-corrected chi connectivity index (χ3v) is 6.45. The van der Waals surface area contributed by atoms with Crippen LogP contribution < -0.4 is 24.4 Å². The standard InChI is InChI=1S/C28H24N2O7S/c1-5-14-35-27(34)24-16(2)29-28-30(25(24)20-8-12-22(13-9-20)37-18(4)32)26(33)23(38-28)15-19-6-10-21(11-7-19)36-17(3)31/h5-13,15,25H,1,14H2,2-4H3. The Balaban J connectivity index is 1.83. The van der Waals surface area contributed by atoms with Crippen molar-refractivity contribution in [2.24, 2.45) is 4.99 Å². The van der Waals surface area contributed by atoms with Gasteiger partial charge in [-0.25, -0.2) is 9.79 Å². The lowest BCUT2D eigenvalue weighted by Gasteiger charge is -2.24. The molecule has 0 aliphatic carbocycles. The van der Waals surface area contributed by atoms with Crippen molar-refractivity contribution in [3.8, 4) is 11.5 Å². The van der Waals surface area contributed by atoms with Gasteiger partial charge in [0.25, 0.3) is 5.56 Å². The van der Waals surface area contributed by atoms with Gasteiger partial charge in [-0.15, -0.1) is 0 Å². The summed E-state index contributed by atoms with van der Waals surface area (Å²) in [6, 6.07) is 12.5. The van der Waals surface area contributed by atoms with E-state index in [0.717, 1.165) is 5.56 Å². The number of nitrogens with zero attached hydrogens (tertiary/aromatic N) is 2. The van der Waals surface area contributed by atoms with Gasteiger partial charge in [-0.3, -0.25) is 19.0 Å². The van der Waals surface area contributed by atoms with E-state index in [2.05, 4.69) is 11.6 Å². The first-order valence-corrected chi connectivity index (χ1v) is 12.4. The van der Waals surface area contributed by atoms with Gasteiger partial charge in [0.2, 0.25) is 0 Å². The molecule has 1 unspecified atom stereocenters. The summed E-state index contributed by atoms with van der Waals surface area (Å²) in [5, 5.41) is 0. The van der Waals surface area contributed by atoms with Crippen LogP contribution in [0.4, 0.5) is 0 Å². The van der Waals surface area contributed by atoms with E-state index in [1.165, 1.54) is 35.8 Å². The zero-order chi connectivity index (χ0) is 27.4. The molecule has 0 amide bonds. The molecule has 4 rings (SSSR count). The van der Waals surface area contributed by atoms with Crippen molar-refractivity contribution in [2.75, 3.05) is 6.61 Å². The van der Waals surface area contributed by atoms with Crippen LogP contribution in [-0.2, 0) is 19.1 Å². The molecule has 0 spiro atoms. The van der Waals surface area contributed by atoms with E-state index in [-0.39, 0.29) is 17.7 Å². The molecular weight excluding hydrogens is 508 g/mol. The van der Waals surface area contributed by atoms with Gasteiger partial charge in [-0.05, 0) is 48.4 Å². The molecule has 2 heterocycles. The number of thiazole rings is 1. The third-order valence-electron chi connectivity index (χ3n) is 5.47. The minimum absolute atomic E-state index is 0.00147. The molecule has 38 heavy (non-hydrogen) atoms. The quantitative estimate of drug-likeness (QED) is 0.261. The van der Waals surface area contributed by atoms with Crippen molar-refractivity contribution in [2.45, 2.75) is 26.8 Å². The zero-order valence-electron chi connectivity index (χ0n) is 20.9. The number of benzene rings is 2. The normalized spacial score (nSPS) is 14.8. The zero-order valence-corrected chi connectivity index (χ0v) is 21.7. The molecule has 1 aromatic heterocycles. The first-order valence-electron chi connectivity index (χ1n) is 11.6. The largest absolute Gasteiger partial charge is 0.458 e. The molecule has 0 bridgehead atoms. The predicted molar refractivity (Wildman–Crippen MR) is 140 cm³/mol. The van der Waals surface area contributed by atoms with Gasteiger partial charge < -0.3 is 14.2 Å². The highest BCUT2D eigenvalue weighted by atomic mass is 32.1. The van der Waals surface area contributed by atoms with E-state index in [1.54, 1.807) is 61.5 Å². The van der Waals surface area contributed by atoms with Crippen LogP contribution in [0, 0.1) is 0 Å². The Hall–Kier alpha value is -4.57. The lowest BCUT2D eigenvalue weighted by molar-refractivity contribution is -0.138. The van der Waals surface area contributed by atoms with Crippen LogP contribution in [0.1, 0.15) is 37.9 Å². The number of rotatable bonds is 7. The molecule has 2 aromatic carbocycles. The number of hydrogen-bond acceptors (Lipinski definition) is 9. The molecule has 194 valence electrons. The van der Waals surface area contributed by atoms with Gasteiger partial charge in [0, 0.05) is 13.8 Å². The van der Waals surface area contributed by atoms with Crippen LogP contribution >= 0.6 is 11.3 Å². The van der Waals surface area contributed by atoms with Crippen molar-refractivity contribution in [1.82, 2.24) is 4.57 Å². The Kier molecular flexibility index (Phi) is 7.82. The number of esters is 3. The van der Waals surface area contributed by atoms with Crippen molar-refractivity contribution in [3.05, 3.63) is 103 Å². The topological polar surface area (TPSA) is 113 Å². The van der Waals surface area contributed by atoms with Gasteiger partial charge in [-0.2, -0.15) is 0 Å². The highest BCUT2D eigenvalue weighted by Gasteiger charge is 2.33. The average molecular weight is 533 g/mol. The summed E-state index contributed by atoms with van der Waals surface area (Å²) in [6.45, 7) is 7.89. The summed E-state index contributed by atoms with van der Waals surface area (Å²) in [5.41, 5.74) is 1.63. The summed E-state index contributed by atoms with van der Waals surface area (Å²) in [4.78, 5) is 54.2. The first-order chi connectivity index (χ1) is 18.2. The fourth-order valence-corrected chi connectivity index (χ4v) is 4.99. The molecule has 1 aliphatic rings. The lowest BCUT2D eigenvalue weighted by Crippen LogP contribution is -2.39. The molecule has 1 aliphatic heterocycles. The molecule has 10 heteroatoms. The van der Waals surface area contributed by atoms with Crippen LogP contribution in [0.3, 0.4) is 0 Å². The van der Waals surface area contributed by atoms with E-state index < -0.39 is 23.9 Å². The van der Waals surface area contributed by atoms with E-state index in [1.807, 2.05) is 0 Å². The number of ether oxygens (including phenoxy) is 3. The summed E-state index contributed by atoms with van der Waals surface area (Å²) >= 11 is 1.19. The predicted octanol–water partition coefficient (Wildman–Crippen LogP) is 2.82. The maximum Gasteiger partial charge on any atom is 0.338 e. The highest BCUT2D eigenvalue weighted by molar-refractivity contribution is 7.07. The molecule has 0 radical (unpaired) electrons. The lowest BCUT2D eigenvalue weighted by atomic mass is 9.96. The maximum atomic E-state index is 13.7. The van der Waals surface area contributed by atoms with Crippen LogP contribution in [-0.4, -0.2) is 29.1 Å². The molecular formula is C28H24N2O7S. The molecule has 0 N–H and O–H groups in total. The van der Waals surface area contributed by atoms with Gasteiger partial charge in [0.05, 0.1) is 21.8 Å². The van der Waals surface area contributed by atoms with Crippen molar-refractivity contribution in [1.29, 1.82) is 0 Å². The second kappa shape index (κ2) is 11.2. The van der Waals surface area contributed by atoms with E-state index in [0.29, 0.717) is 32.1 Å². The second-order valence-electron chi connectivity index (χ2n) is 8.29. The Morgan fingerprint density at radius 1 is 1.00 bits per heavy atom. The fraction of sp³-hybridized carbons (Fsp3) is 0.179. The Labute approximate surface area is 221 Å². The number of allylic oxidation sites excluding steroid dienone is 1. The number of hydrogen-bond donors (Lipinski definition) is 0. The molecule has 9 nitrogen and oxygen atoms in total. The van der Waals surface area contributed by atoms with Crippen LogP contribution in [0.25, 0.3) is 6.08 Å². The van der Waals surface area contributed by atoms with Gasteiger partial charge in [-0.1, -0.05) is 48.3 Å². The number of carbonyl (C=O) groups excluding carboxylic acids is 3. The molecule has 0 saturated heterocycles. The smallest absolute Gasteiger partial charge is 0.338 e. The molecule has 3 aromatic rings. The summed E-state index contributed by atoms with van der Waals surface area (Å²) in [7, 11) is 0. The van der Waals surface area contributed by atoms with Crippen LogP contribution in [0.5, 0.6) is 11.5 Å². The van der Waals surface area contributed by atoms with Crippen LogP contribution in [0.2, 0.25) is 0 Å². The molecule has 0 saturated carbocycles. The molecule has 1 atom stereocenters. The van der Waals surface area contributed by atoms with Gasteiger partial charge >= 0.3 is 17.9 Å². The fourth-order valence-electron chi connectivity index (χ4n) is 3.94. The van der Waals surface area contributed by atoms with E-state index in [4.69, 9.17) is 14.2 Å². The Morgan fingerprint density at radius 2 is 1.58 bits per heavy atom. The average Bonchev–Trinajstić information content (AvgIpc) is 3.17. The first kappa shape index (κ1) is 26.5. The van der Waals surface area contributed by atoms with E-state index in [9.17, 15) is 19.2 Å². The summed E-state index contributed by atoms with van der Waals surface area (Å²) in [6.07, 6.45) is 3.16. The SMILES string of the molecule is C=CCOC(=O)C1=C(C)N=c2sc(=Cc3ccc(OC(C)=O)cc3)c(=O)n2C1c1ccc(OC(C)=O)cc1. The number of aromatic nitrogens is 1. The number of fused-ring (bicyclic) bond motifs is 1. The van der Waals surface area contributed by atoms with Gasteiger partial charge in [0.15, 0.2) is 4.80 Å². The highest BCUT2D eigenvalue weighted by Crippen LogP contribution is 2.31. The third kappa shape index (κ3) is 5.70. The summed E-state index contributed by atoms with van der Waals surface area (Å²) < 4.78 is 17.4. The number of carbonyl (C=O) groups is 3. The Morgan fingerprint density at radius 3 is 2.13 bits per heavy atom. The minimum atomic E-state index is -0.816. The van der Waals surface area contributed by atoms with Crippen molar-refractivity contribution < 1.29 is 28.6 Å². The second-order valence-corrected chi connectivity index (χ2v) is 9.30. The van der Waals surface area contributed by atoms with Crippen molar-refractivity contribution in [3.63, 3.8) is 0 Å².